The maximum Gasteiger partial charge on any atom is 0.323 e. The van der Waals surface area contributed by atoms with Gasteiger partial charge < -0.3 is 10.2 Å². The van der Waals surface area contributed by atoms with E-state index in [9.17, 15) is 9.59 Å². The van der Waals surface area contributed by atoms with Gasteiger partial charge in [-0.15, -0.1) is 3.45 Å². The molecule has 12 heavy (non-hydrogen) atoms. The Kier molecular flexibility index (Phi) is 5.19. The standard InChI is InChI=1S/C5H7BrClNO4/c6-8(7)3(5(11)12)1-2-4(9)10/h3H,1-2H2,(H,9,10)(H,11,12). The summed E-state index contributed by atoms with van der Waals surface area (Å²) in [4.78, 5) is 20.5. The van der Waals surface area contributed by atoms with Gasteiger partial charge in [-0.2, -0.15) is 0 Å². The van der Waals surface area contributed by atoms with Crippen LogP contribution in [0.5, 0.6) is 0 Å². The van der Waals surface area contributed by atoms with E-state index < -0.39 is 18.0 Å². The van der Waals surface area contributed by atoms with Crippen LogP contribution < -0.4 is 0 Å². The molecule has 5 nitrogen and oxygen atoms in total. The van der Waals surface area contributed by atoms with Crippen molar-refractivity contribution in [3.8, 4) is 0 Å². The molecule has 0 aliphatic rings. The number of carboxylic acid groups (broad SMARTS) is 2. The summed E-state index contributed by atoms with van der Waals surface area (Å²) in [5.41, 5.74) is 0. The van der Waals surface area contributed by atoms with Crippen LogP contribution in [0.2, 0.25) is 0 Å². The topological polar surface area (TPSA) is 77.8 Å². The minimum Gasteiger partial charge on any atom is -0.481 e. The molecule has 0 spiro atoms. The lowest BCUT2D eigenvalue weighted by Crippen LogP contribution is -2.29. The third-order valence-electron chi connectivity index (χ3n) is 1.15. The molecule has 0 aromatic carbocycles. The molecule has 70 valence electrons. The van der Waals surface area contributed by atoms with E-state index in [0.29, 0.717) is 0 Å². The molecule has 0 aromatic heterocycles. The van der Waals surface area contributed by atoms with Crippen LogP contribution in [0.4, 0.5) is 0 Å². The van der Waals surface area contributed by atoms with Crippen LogP contribution in [0.1, 0.15) is 12.8 Å². The summed E-state index contributed by atoms with van der Waals surface area (Å²) >= 11 is 8.02. The van der Waals surface area contributed by atoms with Gasteiger partial charge in [0.25, 0.3) is 0 Å². The predicted octanol–water partition coefficient (Wildman–Crippen LogP) is 1.07. The van der Waals surface area contributed by atoms with Gasteiger partial charge in [0.2, 0.25) is 0 Å². The molecule has 0 saturated carbocycles. The van der Waals surface area contributed by atoms with Crippen molar-refractivity contribution in [1.29, 1.82) is 0 Å². The Morgan fingerprint density at radius 3 is 2.25 bits per heavy atom. The fourth-order valence-electron chi connectivity index (χ4n) is 0.565. The molecular weight excluding hydrogens is 253 g/mol. The SMILES string of the molecule is O=C(O)CCC(C(=O)O)N(Cl)Br. The Hall–Kier alpha value is -0.330. The summed E-state index contributed by atoms with van der Waals surface area (Å²) in [5.74, 6) is -2.21. The van der Waals surface area contributed by atoms with Crippen LogP contribution in [0.25, 0.3) is 0 Å². The number of nitrogens with zero attached hydrogens (tertiary/aromatic N) is 1. The highest BCUT2D eigenvalue weighted by molar-refractivity contribution is 9.08. The lowest BCUT2D eigenvalue weighted by molar-refractivity contribution is -0.141. The molecule has 0 heterocycles. The van der Waals surface area contributed by atoms with Crippen molar-refractivity contribution in [3.05, 3.63) is 0 Å². The van der Waals surface area contributed by atoms with Gasteiger partial charge in [-0.1, -0.05) is 0 Å². The highest BCUT2D eigenvalue weighted by Crippen LogP contribution is 2.14. The number of hydrogen-bond acceptors (Lipinski definition) is 3. The maximum absolute atomic E-state index is 10.4. The van der Waals surface area contributed by atoms with Crippen molar-refractivity contribution in [2.45, 2.75) is 18.9 Å². The van der Waals surface area contributed by atoms with E-state index in [1.54, 1.807) is 0 Å². The first kappa shape index (κ1) is 11.7. The van der Waals surface area contributed by atoms with Crippen molar-refractivity contribution >= 4 is 39.9 Å². The molecule has 0 amide bonds. The van der Waals surface area contributed by atoms with E-state index in [1.807, 2.05) is 0 Å². The molecule has 0 aliphatic heterocycles. The first-order valence-corrected chi connectivity index (χ1v) is 4.05. The van der Waals surface area contributed by atoms with Crippen LogP contribution in [0.3, 0.4) is 0 Å². The van der Waals surface area contributed by atoms with Crippen LogP contribution in [0.15, 0.2) is 0 Å². The van der Waals surface area contributed by atoms with Crippen molar-refractivity contribution in [2.75, 3.05) is 0 Å². The third-order valence-corrected chi connectivity index (χ3v) is 1.88. The molecule has 0 bridgehead atoms. The molecule has 0 aromatic rings. The van der Waals surface area contributed by atoms with E-state index in [0.717, 1.165) is 3.45 Å². The average molecular weight is 260 g/mol. The zero-order chi connectivity index (χ0) is 9.72. The fourth-order valence-corrected chi connectivity index (χ4v) is 1.13. The Morgan fingerprint density at radius 1 is 1.50 bits per heavy atom. The van der Waals surface area contributed by atoms with E-state index in [1.165, 1.54) is 0 Å². The zero-order valence-corrected chi connectivity index (χ0v) is 8.25. The fraction of sp³-hybridized carbons (Fsp3) is 0.600. The minimum atomic E-state index is -1.16. The summed E-state index contributed by atoms with van der Waals surface area (Å²) in [6.07, 6.45) is -0.273. The molecule has 0 radical (unpaired) electrons. The third kappa shape index (κ3) is 4.53. The Bertz CT molecular complexity index is 186. The normalized spacial score (nSPS) is 12.9. The Balaban J connectivity index is 3.97. The van der Waals surface area contributed by atoms with E-state index >= 15 is 0 Å². The molecule has 0 fully saturated rings. The molecule has 2 N–H and O–H groups in total. The molecule has 0 saturated heterocycles. The lowest BCUT2D eigenvalue weighted by Gasteiger charge is -2.13. The van der Waals surface area contributed by atoms with Gasteiger partial charge in [-0.05, 0) is 18.2 Å². The monoisotopic (exact) mass is 259 g/mol. The smallest absolute Gasteiger partial charge is 0.323 e. The molecule has 7 heteroatoms. The quantitative estimate of drug-likeness (QED) is 0.723. The number of rotatable bonds is 5. The largest absolute Gasteiger partial charge is 0.481 e. The van der Waals surface area contributed by atoms with Gasteiger partial charge in [0.05, 0.1) is 0 Å². The van der Waals surface area contributed by atoms with Gasteiger partial charge >= 0.3 is 11.9 Å². The highest BCUT2D eigenvalue weighted by Gasteiger charge is 2.23. The molecule has 1 unspecified atom stereocenters. The van der Waals surface area contributed by atoms with Crippen LogP contribution >= 0.6 is 27.9 Å². The lowest BCUT2D eigenvalue weighted by atomic mass is 10.2. The Morgan fingerprint density at radius 2 is 2.00 bits per heavy atom. The van der Waals surface area contributed by atoms with Crippen LogP contribution in [-0.4, -0.2) is 31.6 Å². The van der Waals surface area contributed by atoms with Gasteiger partial charge in [0.15, 0.2) is 0 Å². The van der Waals surface area contributed by atoms with Crippen molar-refractivity contribution in [1.82, 2.24) is 3.45 Å². The molecule has 0 rings (SSSR count). The number of hydrogen-bond donors (Lipinski definition) is 2. The second-order valence-corrected chi connectivity index (χ2v) is 3.58. The number of aliphatic carboxylic acids is 2. The summed E-state index contributed by atoms with van der Waals surface area (Å²) < 4.78 is 0.776. The maximum atomic E-state index is 10.4. The van der Waals surface area contributed by atoms with Gasteiger partial charge in [0.1, 0.15) is 6.04 Å². The van der Waals surface area contributed by atoms with Gasteiger partial charge in [0, 0.05) is 22.6 Å². The summed E-state index contributed by atoms with van der Waals surface area (Å²) in [5, 5.41) is 16.8. The highest BCUT2D eigenvalue weighted by atomic mass is 79.9. The first-order valence-electron chi connectivity index (χ1n) is 3.00. The molecule has 1 atom stereocenters. The summed E-state index contributed by atoms with van der Waals surface area (Å²) in [7, 11) is 0. The molecule has 0 aliphatic carbocycles. The van der Waals surface area contributed by atoms with Gasteiger partial charge in [-0.3, -0.25) is 9.59 Å². The van der Waals surface area contributed by atoms with Crippen molar-refractivity contribution in [3.63, 3.8) is 0 Å². The average Bonchev–Trinajstić information content (AvgIpc) is 1.84. The van der Waals surface area contributed by atoms with E-state index in [4.69, 9.17) is 22.0 Å². The minimum absolute atomic E-state index is 0.0422. The van der Waals surface area contributed by atoms with Gasteiger partial charge in [-0.25, -0.2) is 0 Å². The first-order chi connectivity index (χ1) is 5.45. The van der Waals surface area contributed by atoms with Crippen molar-refractivity contribution < 1.29 is 19.8 Å². The number of halogens is 2. The molecular formula is C5H7BrClNO4. The van der Waals surface area contributed by atoms with Crippen LogP contribution in [-0.2, 0) is 9.59 Å². The second kappa shape index (κ2) is 5.34. The van der Waals surface area contributed by atoms with E-state index in [2.05, 4.69) is 16.1 Å². The summed E-state index contributed by atoms with van der Waals surface area (Å²) in [6.45, 7) is 0. The zero-order valence-electron chi connectivity index (χ0n) is 5.91. The number of carboxylic acids is 2. The second-order valence-electron chi connectivity index (χ2n) is 2.05. The van der Waals surface area contributed by atoms with E-state index in [-0.39, 0.29) is 12.8 Å². The summed E-state index contributed by atoms with van der Waals surface area (Å²) in [6, 6.07) is -1.03. The van der Waals surface area contributed by atoms with Crippen LogP contribution in [0, 0.1) is 0 Å². The predicted molar refractivity (Wildman–Crippen MR) is 44.9 cm³/mol. The Labute approximate surface area is 82.4 Å². The van der Waals surface area contributed by atoms with Crippen molar-refractivity contribution in [2.24, 2.45) is 0 Å². The number of carbonyl (C=O) groups is 2.